The fourth-order valence-corrected chi connectivity index (χ4v) is 3.85. The molecule has 1 saturated heterocycles. The number of hydrogen-bond acceptors (Lipinski definition) is 13. The van der Waals surface area contributed by atoms with Crippen LogP contribution in [-0.4, -0.2) is 76.8 Å². The summed E-state index contributed by atoms with van der Waals surface area (Å²) in [7, 11) is 1.30. The van der Waals surface area contributed by atoms with Crippen molar-refractivity contribution in [1.29, 1.82) is 0 Å². The van der Waals surface area contributed by atoms with E-state index in [-0.39, 0.29) is 33.8 Å². The Bertz CT molecular complexity index is 1380. The van der Waals surface area contributed by atoms with Gasteiger partial charge in [-0.05, 0) is 23.8 Å². The Kier molecular flexibility index (Phi) is 7.83. The number of phenols is 1. The molecule has 4 N–H and O–H groups in total. The Morgan fingerprint density at radius 3 is 2.39 bits per heavy atom. The van der Waals surface area contributed by atoms with E-state index in [1.165, 1.54) is 37.6 Å². The molecule has 2 aromatic carbocycles. The molecule has 2 heterocycles. The molecule has 0 spiro atoms. The number of carboxylic acid groups (broad SMARTS) is 1. The zero-order chi connectivity index (χ0) is 27.6. The molecule has 13 heteroatoms. The summed E-state index contributed by atoms with van der Waals surface area (Å²) in [4.78, 5) is 35.1. The number of carbonyl (C=O) groups excluding carboxylic acids is 2. The van der Waals surface area contributed by atoms with Gasteiger partial charge < -0.3 is 53.7 Å². The summed E-state index contributed by atoms with van der Waals surface area (Å²) >= 11 is 0. The van der Waals surface area contributed by atoms with Crippen LogP contribution in [-0.2, 0) is 19.1 Å². The maximum atomic E-state index is 13.1. The number of esters is 1. The van der Waals surface area contributed by atoms with E-state index in [2.05, 4.69) is 0 Å². The fourth-order valence-electron chi connectivity index (χ4n) is 3.85. The van der Waals surface area contributed by atoms with Crippen LogP contribution < -0.4 is 20.0 Å². The van der Waals surface area contributed by atoms with Gasteiger partial charge in [0, 0.05) is 6.07 Å². The standard InChI is InChI=1S/C25H24O13/c1-34-16-6-13-15(35-9-14(21(13)30)11-2-4-12(26)5-3-11)7-17(16)37-25-24(33)23(32)22(31)18(38-25)10-36-20(29)8-19(27)28/h2-7,9,18,22-26,31-33H,8,10H2,1H3,(H,27,28)/p-1/t18-,22-,23+,24-,25-/m1/s1. The molecule has 38 heavy (non-hydrogen) atoms. The highest BCUT2D eigenvalue weighted by Gasteiger charge is 2.45. The molecule has 0 unspecified atom stereocenters. The van der Waals surface area contributed by atoms with E-state index < -0.39 is 61.1 Å². The number of rotatable bonds is 8. The van der Waals surface area contributed by atoms with Crippen molar-refractivity contribution in [3.05, 3.63) is 52.9 Å². The van der Waals surface area contributed by atoms with E-state index in [1.54, 1.807) is 12.1 Å². The van der Waals surface area contributed by atoms with Crippen molar-refractivity contribution in [1.82, 2.24) is 0 Å². The van der Waals surface area contributed by atoms with Gasteiger partial charge >= 0.3 is 5.97 Å². The van der Waals surface area contributed by atoms with Gasteiger partial charge in [0.1, 0.15) is 48.6 Å². The Hall–Kier alpha value is -4.17. The van der Waals surface area contributed by atoms with Crippen molar-refractivity contribution < 1.29 is 58.5 Å². The molecule has 5 atom stereocenters. The monoisotopic (exact) mass is 531 g/mol. The Morgan fingerprint density at radius 2 is 1.74 bits per heavy atom. The molecule has 1 aliphatic rings. The Balaban J connectivity index is 1.59. The molecule has 3 aromatic rings. The fraction of sp³-hybridized carbons (Fsp3) is 0.320. The second-order valence-electron chi connectivity index (χ2n) is 8.39. The Labute approximate surface area is 214 Å². The maximum Gasteiger partial charge on any atom is 0.311 e. The van der Waals surface area contributed by atoms with Crippen molar-refractivity contribution in [3.63, 3.8) is 0 Å². The van der Waals surface area contributed by atoms with Gasteiger partial charge in [-0.2, -0.15) is 0 Å². The third-order valence-electron chi connectivity index (χ3n) is 5.85. The van der Waals surface area contributed by atoms with Gasteiger partial charge in [-0.15, -0.1) is 0 Å². The number of benzene rings is 2. The molecule has 0 radical (unpaired) electrons. The minimum absolute atomic E-state index is 0.0325. The van der Waals surface area contributed by atoms with Gasteiger partial charge in [0.2, 0.25) is 11.7 Å². The van der Waals surface area contributed by atoms with Gasteiger partial charge in [-0.3, -0.25) is 9.59 Å². The number of aliphatic hydroxyl groups is 3. The number of carbonyl (C=O) groups is 2. The van der Waals surface area contributed by atoms with E-state index in [0.29, 0.717) is 5.56 Å². The van der Waals surface area contributed by atoms with Crippen LogP contribution in [0.3, 0.4) is 0 Å². The molecule has 202 valence electrons. The van der Waals surface area contributed by atoms with Crippen LogP contribution in [0.2, 0.25) is 0 Å². The highest BCUT2D eigenvalue weighted by molar-refractivity contribution is 5.89. The molecular formula is C25H23O13-. The van der Waals surface area contributed by atoms with Crippen molar-refractivity contribution in [2.75, 3.05) is 13.7 Å². The molecular weight excluding hydrogens is 508 g/mol. The summed E-state index contributed by atoms with van der Waals surface area (Å²) in [6.45, 7) is -0.652. The van der Waals surface area contributed by atoms with Crippen molar-refractivity contribution in [3.8, 4) is 28.4 Å². The summed E-state index contributed by atoms with van der Waals surface area (Å²) < 4.78 is 26.8. The number of carboxylic acids is 1. The van der Waals surface area contributed by atoms with E-state index >= 15 is 0 Å². The first-order valence-electron chi connectivity index (χ1n) is 11.2. The van der Waals surface area contributed by atoms with E-state index in [4.69, 9.17) is 23.4 Å². The number of methoxy groups -OCH3 is 1. The maximum absolute atomic E-state index is 13.1. The Morgan fingerprint density at radius 1 is 1.03 bits per heavy atom. The van der Waals surface area contributed by atoms with Crippen LogP contribution in [0, 0.1) is 0 Å². The average Bonchev–Trinajstić information content (AvgIpc) is 2.88. The highest BCUT2D eigenvalue weighted by atomic mass is 16.7. The van der Waals surface area contributed by atoms with Crippen LogP contribution in [0.1, 0.15) is 6.42 Å². The third-order valence-corrected chi connectivity index (χ3v) is 5.85. The molecule has 1 fully saturated rings. The quantitative estimate of drug-likeness (QED) is 0.204. The van der Waals surface area contributed by atoms with Gasteiger partial charge in [0.25, 0.3) is 0 Å². The minimum atomic E-state index is -1.78. The normalized spacial score (nSPS) is 23.1. The summed E-state index contributed by atoms with van der Waals surface area (Å²) in [5.41, 5.74) is 0.433. The van der Waals surface area contributed by atoms with Crippen LogP contribution in [0.25, 0.3) is 22.1 Å². The van der Waals surface area contributed by atoms with E-state index in [1.807, 2.05) is 0 Å². The molecule has 0 saturated carbocycles. The van der Waals surface area contributed by atoms with Crippen molar-refractivity contribution in [2.24, 2.45) is 0 Å². The average molecular weight is 531 g/mol. The van der Waals surface area contributed by atoms with E-state index in [0.717, 1.165) is 0 Å². The second-order valence-corrected chi connectivity index (χ2v) is 8.39. The minimum Gasteiger partial charge on any atom is -0.550 e. The first-order valence-corrected chi connectivity index (χ1v) is 11.2. The predicted molar refractivity (Wildman–Crippen MR) is 124 cm³/mol. The molecule has 1 aromatic heterocycles. The van der Waals surface area contributed by atoms with Gasteiger partial charge in [0.15, 0.2) is 11.5 Å². The zero-order valence-corrected chi connectivity index (χ0v) is 19.8. The lowest BCUT2D eigenvalue weighted by molar-refractivity contribution is -0.305. The topological polar surface area (TPSA) is 205 Å². The van der Waals surface area contributed by atoms with Crippen LogP contribution in [0.15, 0.2) is 51.9 Å². The first kappa shape index (κ1) is 26.9. The molecule has 0 amide bonds. The molecule has 13 nitrogen and oxygen atoms in total. The zero-order valence-electron chi connectivity index (χ0n) is 19.8. The van der Waals surface area contributed by atoms with Crippen molar-refractivity contribution >= 4 is 22.9 Å². The number of fused-ring (bicyclic) bond motifs is 1. The van der Waals surface area contributed by atoms with Gasteiger partial charge in [-0.25, -0.2) is 0 Å². The van der Waals surface area contributed by atoms with Crippen LogP contribution >= 0.6 is 0 Å². The predicted octanol–water partition coefficient (Wildman–Crippen LogP) is -0.956. The molecule has 0 aliphatic carbocycles. The third kappa shape index (κ3) is 5.55. The number of aromatic hydroxyl groups is 1. The number of aliphatic carboxylic acids is 1. The van der Waals surface area contributed by atoms with Crippen LogP contribution in [0.5, 0.6) is 17.2 Å². The summed E-state index contributed by atoms with van der Waals surface area (Å²) in [5, 5.41) is 51.0. The summed E-state index contributed by atoms with van der Waals surface area (Å²) in [6.07, 6.45) is -8.03. The van der Waals surface area contributed by atoms with Gasteiger partial charge in [0.05, 0.1) is 30.4 Å². The largest absolute Gasteiger partial charge is 0.550 e. The lowest BCUT2D eigenvalue weighted by atomic mass is 9.99. The summed E-state index contributed by atoms with van der Waals surface area (Å²) in [5.74, 6) is -2.80. The number of hydrogen-bond donors (Lipinski definition) is 4. The lowest BCUT2D eigenvalue weighted by Gasteiger charge is -2.40. The molecule has 1 aliphatic heterocycles. The number of ether oxygens (including phenoxy) is 4. The molecule has 4 rings (SSSR count). The number of aliphatic hydroxyl groups excluding tert-OH is 3. The number of phenolic OH excluding ortho intramolecular Hbond substituents is 1. The summed E-state index contributed by atoms with van der Waals surface area (Å²) in [6, 6.07) is 8.61. The van der Waals surface area contributed by atoms with E-state index in [9.17, 15) is 39.9 Å². The highest BCUT2D eigenvalue weighted by Crippen LogP contribution is 2.35. The molecule has 0 bridgehead atoms. The SMILES string of the molecule is COc1cc2c(=O)c(-c3ccc(O)cc3)coc2cc1O[C@@H]1O[C@H](COC(=O)CC(=O)[O-])[C@@H](O)[C@H](O)[C@H]1O. The van der Waals surface area contributed by atoms with Crippen LogP contribution in [0.4, 0.5) is 0 Å². The first-order chi connectivity index (χ1) is 18.1. The van der Waals surface area contributed by atoms with Crippen molar-refractivity contribution in [2.45, 2.75) is 37.1 Å². The lowest BCUT2D eigenvalue weighted by Crippen LogP contribution is -2.60. The second kappa shape index (κ2) is 11.1. The smallest absolute Gasteiger partial charge is 0.311 e. The van der Waals surface area contributed by atoms with Gasteiger partial charge in [-0.1, -0.05) is 12.1 Å².